The van der Waals surface area contributed by atoms with Crippen molar-refractivity contribution in [2.75, 3.05) is 0 Å². The van der Waals surface area contributed by atoms with Gasteiger partial charge in [-0.25, -0.2) is 0 Å². The first-order valence-corrected chi connectivity index (χ1v) is 16.9. The number of rotatable bonds is 4. The molecule has 266 valence electrons. The van der Waals surface area contributed by atoms with Crippen LogP contribution in [0.2, 0.25) is 0 Å². The number of phenols is 9. The van der Waals surface area contributed by atoms with E-state index in [1.807, 2.05) is 0 Å². The lowest BCUT2D eigenvalue weighted by Crippen LogP contribution is -2.14. The van der Waals surface area contributed by atoms with Crippen LogP contribution in [-0.4, -0.2) is 46.0 Å². The first kappa shape index (κ1) is 32.1. The maximum atomic E-state index is 11.7. The van der Waals surface area contributed by atoms with Crippen molar-refractivity contribution in [2.45, 2.75) is 36.4 Å². The molecule has 11 heteroatoms. The summed E-state index contributed by atoms with van der Waals surface area (Å²) in [7, 11) is 0. The van der Waals surface area contributed by atoms with Gasteiger partial charge in [0.05, 0.1) is 11.8 Å². The molecule has 5 atom stereocenters. The molecule has 9 rings (SSSR count). The Morgan fingerprint density at radius 1 is 0.396 bits per heavy atom. The van der Waals surface area contributed by atoms with Gasteiger partial charge in [0, 0.05) is 64.1 Å². The summed E-state index contributed by atoms with van der Waals surface area (Å²) in [5.41, 5.74) is 4.83. The summed E-state index contributed by atoms with van der Waals surface area (Å²) < 4.78 is 13.4. The van der Waals surface area contributed by atoms with Gasteiger partial charge in [-0.2, -0.15) is 0 Å². The van der Waals surface area contributed by atoms with Crippen LogP contribution in [0.25, 0.3) is 0 Å². The first-order chi connectivity index (χ1) is 25.4. The summed E-state index contributed by atoms with van der Waals surface area (Å²) in [6.45, 7) is 0. The zero-order chi connectivity index (χ0) is 36.9. The first-order valence-electron chi connectivity index (χ1n) is 16.9. The molecule has 1 aliphatic carbocycles. The fraction of sp³-hybridized carbons (Fsp3) is 0.143. The minimum absolute atomic E-state index is 0.0532. The number of ether oxygens (including phenoxy) is 2. The van der Waals surface area contributed by atoms with Gasteiger partial charge in [0.2, 0.25) is 0 Å². The molecule has 3 aliphatic rings. The molecule has 0 unspecified atom stereocenters. The molecule has 0 aromatic heterocycles. The van der Waals surface area contributed by atoms with Gasteiger partial charge in [-0.1, -0.05) is 18.2 Å². The number of hydrogen-bond acceptors (Lipinski definition) is 11. The van der Waals surface area contributed by atoms with Crippen molar-refractivity contribution >= 4 is 0 Å². The van der Waals surface area contributed by atoms with E-state index in [1.165, 1.54) is 54.6 Å². The summed E-state index contributed by atoms with van der Waals surface area (Å²) in [5.74, 6) is -2.93. The Kier molecular flexibility index (Phi) is 7.00. The molecular formula is C42H32O11. The van der Waals surface area contributed by atoms with Gasteiger partial charge in [-0.3, -0.25) is 0 Å². The molecular weight excluding hydrogens is 680 g/mol. The largest absolute Gasteiger partial charge is 0.508 e. The molecule has 2 heterocycles. The normalized spacial score (nSPS) is 20.8. The third-order valence-electron chi connectivity index (χ3n) is 10.7. The maximum absolute atomic E-state index is 11.7. The summed E-state index contributed by atoms with van der Waals surface area (Å²) >= 11 is 0. The van der Waals surface area contributed by atoms with Crippen molar-refractivity contribution in [1.29, 1.82) is 0 Å². The number of aromatic hydroxyl groups is 9. The standard InChI is InChI=1S/C42H32O11/c43-20-3-1-18(2-4-20)41-40-29-12-25(48)15-33(51)37(29)28(26-7-5-21(44)13-31(26)49)16-30-38-34(17-35(52-41)39(30)40)53-42(27-8-6-22(45)14-32(27)50)36(38)19-9-23(46)11-24(47)10-19/h1-15,17,28,36,40-51H,16H2/t28-,36-,40-,41+,42+/m0/s1. The van der Waals surface area contributed by atoms with E-state index in [2.05, 4.69) is 0 Å². The molecule has 0 saturated heterocycles. The number of fused-ring (bicyclic) bond motifs is 4. The highest BCUT2D eigenvalue weighted by molar-refractivity contribution is 5.70. The van der Waals surface area contributed by atoms with Crippen LogP contribution in [0.1, 0.15) is 80.0 Å². The SMILES string of the molecule is Oc1ccc([C@H]2Oc3cc4c(c5c3[C@@H]2c2cc(O)cc(O)c2[C@H](c2ccc(O)cc2O)C5)[C@H](c2cc(O)cc(O)c2)[C@@H](c2ccc(O)cc2O)O4)cc1. The van der Waals surface area contributed by atoms with Crippen molar-refractivity contribution in [3.05, 3.63) is 147 Å². The zero-order valence-electron chi connectivity index (χ0n) is 27.7. The zero-order valence-corrected chi connectivity index (χ0v) is 27.7. The second-order valence-electron chi connectivity index (χ2n) is 13.8. The molecule has 0 amide bonds. The van der Waals surface area contributed by atoms with Crippen LogP contribution < -0.4 is 9.47 Å². The van der Waals surface area contributed by atoms with Gasteiger partial charge in [0.1, 0.15) is 75.5 Å². The Morgan fingerprint density at radius 3 is 1.58 bits per heavy atom. The molecule has 0 spiro atoms. The van der Waals surface area contributed by atoms with Gasteiger partial charge in [-0.05, 0) is 77.2 Å². The average Bonchev–Trinajstić information content (AvgIpc) is 3.61. The lowest BCUT2D eigenvalue weighted by molar-refractivity contribution is 0.210. The Morgan fingerprint density at radius 2 is 0.943 bits per heavy atom. The molecule has 2 aliphatic heterocycles. The Bertz CT molecular complexity index is 2450. The van der Waals surface area contributed by atoms with Crippen LogP contribution in [0, 0.1) is 0 Å². The monoisotopic (exact) mass is 712 g/mol. The second-order valence-corrected chi connectivity index (χ2v) is 13.8. The van der Waals surface area contributed by atoms with E-state index >= 15 is 0 Å². The fourth-order valence-corrected chi connectivity index (χ4v) is 8.60. The van der Waals surface area contributed by atoms with E-state index < -0.39 is 30.0 Å². The molecule has 0 saturated carbocycles. The fourth-order valence-electron chi connectivity index (χ4n) is 8.60. The second kappa shape index (κ2) is 11.6. The van der Waals surface area contributed by atoms with Crippen molar-refractivity contribution in [3.8, 4) is 63.2 Å². The molecule has 0 radical (unpaired) electrons. The molecule has 6 aromatic carbocycles. The molecule has 0 bridgehead atoms. The van der Waals surface area contributed by atoms with E-state index in [0.717, 1.165) is 0 Å². The van der Waals surface area contributed by atoms with Crippen molar-refractivity contribution in [2.24, 2.45) is 0 Å². The Labute approximate surface area is 301 Å². The van der Waals surface area contributed by atoms with E-state index in [4.69, 9.17) is 9.47 Å². The smallest absolute Gasteiger partial charge is 0.138 e. The van der Waals surface area contributed by atoms with Crippen LogP contribution in [0.5, 0.6) is 63.2 Å². The van der Waals surface area contributed by atoms with Crippen molar-refractivity contribution in [3.63, 3.8) is 0 Å². The lowest BCUT2D eigenvalue weighted by atomic mass is 9.77. The van der Waals surface area contributed by atoms with Gasteiger partial charge >= 0.3 is 0 Å². The van der Waals surface area contributed by atoms with Gasteiger partial charge in [0.15, 0.2) is 0 Å². The van der Waals surface area contributed by atoms with Gasteiger partial charge in [-0.15, -0.1) is 0 Å². The molecule has 53 heavy (non-hydrogen) atoms. The van der Waals surface area contributed by atoms with E-state index in [9.17, 15) is 46.0 Å². The highest BCUT2D eigenvalue weighted by Gasteiger charge is 2.49. The summed E-state index contributed by atoms with van der Waals surface area (Å²) in [6.07, 6.45) is -1.52. The molecule has 9 N–H and O–H groups in total. The molecule has 11 nitrogen and oxygen atoms in total. The number of hydrogen-bond donors (Lipinski definition) is 9. The summed E-state index contributed by atoms with van der Waals surface area (Å²) in [6, 6.07) is 23.7. The minimum atomic E-state index is -0.930. The van der Waals surface area contributed by atoms with E-state index in [-0.39, 0.29) is 58.2 Å². The molecule has 6 aromatic rings. The summed E-state index contributed by atoms with van der Waals surface area (Å²) in [4.78, 5) is 0. The number of benzene rings is 6. The quantitative estimate of drug-likeness (QED) is 0.0891. The highest BCUT2D eigenvalue weighted by atomic mass is 16.5. The van der Waals surface area contributed by atoms with Crippen LogP contribution >= 0.6 is 0 Å². The summed E-state index contributed by atoms with van der Waals surface area (Å²) in [5, 5.41) is 97.0. The Hall–Kier alpha value is -6.88. The third kappa shape index (κ3) is 5.03. The van der Waals surface area contributed by atoms with Gasteiger partial charge in [0.25, 0.3) is 0 Å². The number of phenolic OH excluding ortho intramolecular Hbond substituents is 9. The lowest BCUT2D eigenvalue weighted by Gasteiger charge is -2.25. The van der Waals surface area contributed by atoms with Crippen LogP contribution in [0.3, 0.4) is 0 Å². The minimum Gasteiger partial charge on any atom is -0.508 e. The predicted octanol–water partition coefficient (Wildman–Crippen LogP) is 7.26. The van der Waals surface area contributed by atoms with E-state index in [1.54, 1.807) is 42.5 Å². The highest BCUT2D eigenvalue weighted by Crippen LogP contribution is 2.63. The maximum Gasteiger partial charge on any atom is 0.138 e. The van der Waals surface area contributed by atoms with Crippen LogP contribution in [0.4, 0.5) is 0 Å². The van der Waals surface area contributed by atoms with Crippen molar-refractivity contribution in [1.82, 2.24) is 0 Å². The van der Waals surface area contributed by atoms with E-state index in [0.29, 0.717) is 61.6 Å². The van der Waals surface area contributed by atoms with Crippen LogP contribution in [-0.2, 0) is 6.42 Å². The predicted molar refractivity (Wildman–Crippen MR) is 190 cm³/mol. The Balaban J connectivity index is 1.37. The average molecular weight is 713 g/mol. The topological polar surface area (TPSA) is 201 Å². The third-order valence-corrected chi connectivity index (χ3v) is 10.7. The van der Waals surface area contributed by atoms with Gasteiger partial charge < -0.3 is 55.4 Å². The van der Waals surface area contributed by atoms with Crippen LogP contribution in [0.15, 0.2) is 97.1 Å². The van der Waals surface area contributed by atoms with Crippen molar-refractivity contribution < 1.29 is 55.4 Å². The molecule has 0 fully saturated rings.